The Morgan fingerprint density at radius 1 is 0.588 bits per heavy atom. The summed E-state index contributed by atoms with van der Waals surface area (Å²) in [5.41, 5.74) is 15.8. The largest absolute Gasteiger partial charge is 0.361 e. The normalized spacial score (nSPS) is 14.3. The maximum absolute atomic E-state index is 14.7. The fourth-order valence-corrected chi connectivity index (χ4v) is 8.21. The topological polar surface area (TPSA) is 275 Å². The fourth-order valence-electron chi connectivity index (χ4n) is 8.21. The van der Waals surface area contributed by atoms with Crippen LogP contribution in [0.15, 0.2) is 104 Å². The van der Waals surface area contributed by atoms with Gasteiger partial charge in [-0.25, -0.2) is 4.98 Å². The number of para-hydroxylation sites is 2. The van der Waals surface area contributed by atoms with E-state index < -0.39 is 71.2 Å². The van der Waals surface area contributed by atoms with Gasteiger partial charge in [0.2, 0.25) is 29.5 Å². The second kappa shape index (κ2) is 23.6. The predicted octanol–water partition coefficient (Wildman–Crippen LogP) is 3.55. The number of fused-ring (bicyclic) bond motifs is 2. The molecule has 6 rings (SSSR count). The van der Waals surface area contributed by atoms with Gasteiger partial charge < -0.3 is 53.0 Å². The number of imidazole rings is 1. The Morgan fingerprint density at radius 3 is 1.66 bits per heavy atom. The van der Waals surface area contributed by atoms with Gasteiger partial charge >= 0.3 is 0 Å². The molecule has 6 atom stereocenters. The number of unbranched alkanes of at least 4 members (excludes halogenated alkanes) is 2. The first kappa shape index (κ1) is 50.3. The van der Waals surface area contributed by atoms with Crippen LogP contribution in [0.1, 0.15) is 75.8 Å². The van der Waals surface area contributed by atoms with Crippen molar-refractivity contribution in [3.8, 4) is 0 Å². The minimum atomic E-state index is -1.24. The first-order valence-corrected chi connectivity index (χ1v) is 23.2. The van der Waals surface area contributed by atoms with Crippen LogP contribution >= 0.6 is 0 Å². The molecule has 0 bridgehead atoms. The molecule has 0 aliphatic rings. The maximum atomic E-state index is 14.7. The number of carbonyl (C=O) groups excluding carboxylic acids is 6. The molecule has 0 unspecified atom stereocenters. The van der Waals surface area contributed by atoms with Crippen molar-refractivity contribution in [1.29, 1.82) is 0 Å². The summed E-state index contributed by atoms with van der Waals surface area (Å²) >= 11 is 0. The van der Waals surface area contributed by atoms with E-state index in [1.165, 1.54) is 13.3 Å². The Balaban J connectivity index is 1.23. The van der Waals surface area contributed by atoms with Gasteiger partial charge in [-0.1, -0.05) is 100 Å². The monoisotopic (exact) mass is 928 g/mol. The van der Waals surface area contributed by atoms with Crippen molar-refractivity contribution in [2.45, 2.75) is 115 Å². The Hall–Kier alpha value is -7.11. The lowest BCUT2D eigenvalue weighted by atomic mass is 9.84. The molecular formula is C51H65N11O6. The second-order valence-corrected chi connectivity index (χ2v) is 18.4. The first-order valence-electron chi connectivity index (χ1n) is 23.2. The number of H-pyrrole nitrogens is 3. The number of nitrogens with one attached hydrogen (secondary N) is 8. The van der Waals surface area contributed by atoms with Crippen LogP contribution in [-0.2, 0) is 54.5 Å². The summed E-state index contributed by atoms with van der Waals surface area (Å²) in [5.74, 6) is -3.26. The van der Waals surface area contributed by atoms with E-state index in [0.29, 0.717) is 25.1 Å². The predicted molar refractivity (Wildman–Crippen MR) is 262 cm³/mol. The van der Waals surface area contributed by atoms with E-state index in [0.717, 1.165) is 51.3 Å². The van der Waals surface area contributed by atoms with E-state index in [1.54, 1.807) is 39.4 Å². The number of rotatable bonds is 24. The molecule has 3 heterocycles. The summed E-state index contributed by atoms with van der Waals surface area (Å²) in [7, 11) is 0. The molecule has 3 aromatic carbocycles. The summed E-state index contributed by atoms with van der Waals surface area (Å²) in [4.78, 5) is 97.9. The lowest BCUT2D eigenvalue weighted by Gasteiger charge is -2.29. The van der Waals surface area contributed by atoms with Crippen molar-refractivity contribution in [3.63, 3.8) is 0 Å². The lowest BCUT2D eigenvalue weighted by Crippen LogP contribution is -2.60. The maximum Gasteiger partial charge on any atom is 0.243 e. The quantitative estimate of drug-likeness (QED) is 0.0397. The zero-order valence-electron chi connectivity index (χ0n) is 39.2. The Kier molecular flexibility index (Phi) is 17.4. The van der Waals surface area contributed by atoms with E-state index in [4.69, 9.17) is 11.5 Å². The third-order valence-corrected chi connectivity index (χ3v) is 12.0. The number of ketones is 1. The molecule has 0 fully saturated rings. The Morgan fingerprint density at radius 2 is 1.10 bits per heavy atom. The van der Waals surface area contributed by atoms with E-state index in [2.05, 4.69) is 46.5 Å². The summed E-state index contributed by atoms with van der Waals surface area (Å²) in [5, 5.41) is 16.0. The van der Waals surface area contributed by atoms with Crippen LogP contribution in [0.2, 0.25) is 0 Å². The number of Topliss-reactive ketones (excluding diaryl/α,β-unsaturated/α-hetero) is 1. The molecule has 3 aromatic heterocycles. The molecular weight excluding hydrogens is 863 g/mol. The molecule has 360 valence electrons. The fraction of sp³-hybridized carbons (Fsp3) is 0.392. The SMILES string of the molecule is C[C@H](NC(=O)[C@@H](Cc1c[nH]c2ccccc12)NC(=O)[C@@H](N)Cc1cnc[nH]1)C(=O)N[C@@H](Cc1c[nH]c2ccccc12)C(=O)N[C@H](Cc1ccccc1)C(=O)N[C@@H](CCCCCN)C(=O)C(C)(C)C. The molecule has 0 saturated heterocycles. The van der Waals surface area contributed by atoms with Crippen molar-refractivity contribution in [3.05, 3.63) is 126 Å². The zero-order chi connectivity index (χ0) is 48.8. The van der Waals surface area contributed by atoms with Crippen molar-refractivity contribution in [2.75, 3.05) is 6.54 Å². The smallest absolute Gasteiger partial charge is 0.243 e. The molecule has 12 N–H and O–H groups in total. The number of hydrogen-bond acceptors (Lipinski definition) is 9. The zero-order valence-corrected chi connectivity index (χ0v) is 39.2. The van der Waals surface area contributed by atoms with E-state index in [-0.39, 0.29) is 31.5 Å². The highest BCUT2D eigenvalue weighted by Crippen LogP contribution is 2.23. The van der Waals surface area contributed by atoms with Gasteiger partial charge in [-0.2, -0.15) is 0 Å². The van der Waals surface area contributed by atoms with Gasteiger partial charge in [-0.15, -0.1) is 0 Å². The van der Waals surface area contributed by atoms with Crippen molar-refractivity contribution >= 4 is 57.1 Å². The van der Waals surface area contributed by atoms with Crippen LogP contribution < -0.4 is 38.1 Å². The van der Waals surface area contributed by atoms with E-state index >= 15 is 0 Å². The van der Waals surface area contributed by atoms with E-state index in [1.807, 2.05) is 78.9 Å². The lowest BCUT2D eigenvalue weighted by molar-refractivity contribution is -0.135. The van der Waals surface area contributed by atoms with Crippen LogP contribution in [0.4, 0.5) is 0 Å². The molecule has 5 amide bonds. The van der Waals surface area contributed by atoms with E-state index in [9.17, 15) is 28.8 Å². The number of nitrogens with two attached hydrogens (primary N) is 2. The van der Waals surface area contributed by atoms with Gasteiger partial charge in [-0.3, -0.25) is 28.8 Å². The third-order valence-electron chi connectivity index (χ3n) is 12.0. The number of nitrogens with zero attached hydrogens (tertiary/aromatic N) is 1. The summed E-state index contributed by atoms with van der Waals surface area (Å²) in [6.45, 7) is 7.41. The summed E-state index contributed by atoms with van der Waals surface area (Å²) in [6.07, 6.45) is 9.54. The Labute approximate surface area is 396 Å². The van der Waals surface area contributed by atoms with Gasteiger partial charge in [0.05, 0.1) is 18.4 Å². The summed E-state index contributed by atoms with van der Waals surface area (Å²) < 4.78 is 0. The molecule has 0 spiro atoms. The molecule has 68 heavy (non-hydrogen) atoms. The average molecular weight is 928 g/mol. The highest BCUT2D eigenvalue weighted by molar-refractivity contribution is 5.98. The summed E-state index contributed by atoms with van der Waals surface area (Å²) in [6, 6.07) is 17.7. The number of aromatic nitrogens is 4. The second-order valence-electron chi connectivity index (χ2n) is 18.4. The molecule has 0 radical (unpaired) electrons. The number of hydrogen-bond donors (Lipinski definition) is 10. The van der Waals surface area contributed by atoms with Crippen LogP contribution in [0, 0.1) is 5.41 Å². The van der Waals surface area contributed by atoms with Gasteiger partial charge in [0.25, 0.3) is 0 Å². The molecule has 6 aromatic rings. The highest BCUT2D eigenvalue weighted by atomic mass is 16.2. The third kappa shape index (κ3) is 13.7. The molecule has 17 nitrogen and oxygen atoms in total. The van der Waals surface area contributed by atoms with Gasteiger partial charge in [0.15, 0.2) is 5.78 Å². The molecule has 17 heteroatoms. The van der Waals surface area contributed by atoms with Crippen LogP contribution in [0.3, 0.4) is 0 Å². The Bertz CT molecular complexity index is 2630. The van der Waals surface area contributed by atoms with Gasteiger partial charge in [-0.05, 0) is 55.1 Å². The number of aromatic amines is 3. The van der Waals surface area contributed by atoms with Crippen LogP contribution in [0.25, 0.3) is 21.8 Å². The molecule has 0 saturated carbocycles. The number of amides is 5. The van der Waals surface area contributed by atoms with Gasteiger partial charge in [0.1, 0.15) is 24.2 Å². The number of benzene rings is 3. The average Bonchev–Trinajstić information content (AvgIpc) is 4.10. The number of carbonyl (C=O) groups is 6. The van der Waals surface area contributed by atoms with Crippen molar-refractivity contribution in [1.82, 2.24) is 46.5 Å². The first-order chi connectivity index (χ1) is 32.6. The van der Waals surface area contributed by atoms with Crippen LogP contribution in [-0.4, -0.2) is 98.1 Å². The molecule has 0 aliphatic heterocycles. The minimum absolute atomic E-state index is 0.0155. The molecule has 0 aliphatic carbocycles. The van der Waals surface area contributed by atoms with Crippen molar-refractivity contribution < 1.29 is 28.8 Å². The van der Waals surface area contributed by atoms with Gasteiger partial charge in [0, 0.05) is 77.2 Å². The minimum Gasteiger partial charge on any atom is -0.361 e. The van der Waals surface area contributed by atoms with Crippen LogP contribution in [0.5, 0.6) is 0 Å². The van der Waals surface area contributed by atoms with Crippen molar-refractivity contribution in [2.24, 2.45) is 16.9 Å². The standard InChI is InChI=1S/C51H65N11O6/c1-31(58-48(66)43(24-33-27-55-39-19-12-10-17-36(33)39)61-47(65)38(53)26-35-29-54-30-57-35)46(64)60-44(25-34-28-56-40-20-13-11-18-37(34)40)50(68)62-42(23-32-15-7-5-8-16-32)49(67)59-41(21-9-6-14-22-52)45(63)51(2,3)4/h5,7-8,10-13,15-20,27-31,38,41-44,55-56H,6,9,14,21-26,52-53H2,1-4H3,(H,54,57)(H,58,66)(H,59,67)(H,60,64)(H,61,65)(H,62,68)/t31-,38-,41-,42+,43+,44-/m0/s1. The highest BCUT2D eigenvalue weighted by Gasteiger charge is 2.35.